The lowest BCUT2D eigenvalue weighted by atomic mass is 10.1. The van der Waals surface area contributed by atoms with Crippen LogP contribution in [0.3, 0.4) is 0 Å². The van der Waals surface area contributed by atoms with E-state index in [1.165, 1.54) is 5.69 Å². The van der Waals surface area contributed by atoms with Gasteiger partial charge in [0.05, 0.1) is 6.54 Å². The first kappa shape index (κ1) is 16.6. The van der Waals surface area contributed by atoms with Crippen LogP contribution in [0.15, 0.2) is 47.6 Å². The molecule has 0 fully saturated rings. The van der Waals surface area contributed by atoms with Crippen LogP contribution in [-0.2, 0) is 20.1 Å². The number of benzene rings is 1. The van der Waals surface area contributed by atoms with Crippen LogP contribution in [0.2, 0.25) is 0 Å². The number of aromatic nitrogens is 1. The van der Waals surface area contributed by atoms with Gasteiger partial charge in [-0.25, -0.2) is 0 Å². The molecule has 0 atom stereocenters. The van der Waals surface area contributed by atoms with E-state index in [1.54, 1.807) is 19.2 Å². The topological polar surface area (TPSA) is 75.6 Å². The number of aliphatic imine (C=N–C) groups is 1. The summed E-state index contributed by atoms with van der Waals surface area (Å²) in [5.74, 6) is 0.396. The lowest BCUT2D eigenvalue weighted by Crippen LogP contribution is -2.38. The van der Waals surface area contributed by atoms with Crippen molar-refractivity contribution in [3.05, 3.63) is 59.4 Å². The quantitative estimate of drug-likeness (QED) is 0.646. The summed E-state index contributed by atoms with van der Waals surface area (Å²) in [5, 5.41) is 3.32. The number of rotatable bonds is 5. The second kappa shape index (κ2) is 7.49. The number of hydrogen-bond donors (Lipinski definition) is 2. The Hall–Kier alpha value is -2.76. The Bertz CT molecular complexity index is 687. The lowest BCUT2D eigenvalue weighted by Gasteiger charge is -2.22. The highest BCUT2D eigenvalue weighted by atomic mass is 16.1. The Kier molecular flexibility index (Phi) is 5.41. The van der Waals surface area contributed by atoms with E-state index < -0.39 is 5.91 Å². The minimum atomic E-state index is -0.414. The third kappa shape index (κ3) is 4.35. The fourth-order valence-corrected chi connectivity index (χ4v) is 2.33. The third-order valence-corrected chi connectivity index (χ3v) is 3.71. The van der Waals surface area contributed by atoms with Crippen LogP contribution in [0.4, 0.5) is 0 Å². The van der Waals surface area contributed by atoms with Gasteiger partial charge in [-0.3, -0.25) is 9.79 Å². The van der Waals surface area contributed by atoms with Crippen molar-refractivity contribution < 1.29 is 4.79 Å². The van der Waals surface area contributed by atoms with Crippen LogP contribution in [0.1, 0.15) is 21.6 Å². The van der Waals surface area contributed by atoms with Crippen molar-refractivity contribution in [1.82, 2.24) is 14.8 Å². The maximum absolute atomic E-state index is 11.1. The molecule has 0 spiro atoms. The van der Waals surface area contributed by atoms with Gasteiger partial charge in [0.2, 0.25) is 5.91 Å². The molecular weight excluding hydrogens is 290 g/mol. The van der Waals surface area contributed by atoms with Gasteiger partial charge in [0.25, 0.3) is 0 Å². The zero-order valence-corrected chi connectivity index (χ0v) is 13.8. The molecule has 0 radical (unpaired) electrons. The smallest absolute Gasteiger partial charge is 0.248 e. The Morgan fingerprint density at radius 3 is 2.52 bits per heavy atom. The first-order chi connectivity index (χ1) is 11.0. The van der Waals surface area contributed by atoms with Crippen molar-refractivity contribution in [3.63, 3.8) is 0 Å². The number of primary amides is 1. The van der Waals surface area contributed by atoms with Crippen molar-refractivity contribution >= 4 is 11.9 Å². The van der Waals surface area contributed by atoms with Crippen molar-refractivity contribution in [2.45, 2.75) is 13.1 Å². The summed E-state index contributed by atoms with van der Waals surface area (Å²) in [4.78, 5) is 17.4. The molecular formula is C17H23N5O. The van der Waals surface area contributed by atoms with Gasteiger partial charge in [-0.05, 0) is 29.8 Å². The average molecular weight is 313 g/mol. The molecule has 0 saturated carbocycles. The predicted octanol–water partition coefficient (Wildman–Crippen LogP) is 1.33. The number of nitrogens with one attached hydrogen (secondary N) is 1. The van der Waals surface area contributed by atoms with E-state index >= 15 is 0 Å². The molecule has 1 amide bonds. The number of guanidine groups is 1. The largest absolute Gasteiger partial charge is 0.366 e. The van der Waals surface area contributed by atoms with Gasteiger partial charge in [-0.15, -0.1) is 0 Å². The Balaban J connectivity index is 1.94. The molecule has 1 heterocycles. The van der Waals surface area contributed by atoms with Crippen LogP contribution in [0.5, 0.6) is 0 Å². The molecule has 2 rings (SSSR count). The fourth-order valence-electron chi connectivity index (χ4n) is 2.33. The molecule has 6 nitrogen and oxygen atoms in total. The van der Waals surface area contributed by atoms with E-state index in [0.717, 1.165) is 18.1 Å². The number of nitrogens with zero attached hydrogens (tertiary/aromatic N) is 3. The van der Waals surface area contributed by atoms with Gasteiger partial charge in [-0.1, -0.05) is 12.1 Å². The van der Waals surface area contributed by atoms with E-state index in [1.807, 2.05) is 38.5 Å². The van der Waals surface area contributed by atoms with Gasteiger partial charge in [0.15, 0.2) is 5.96 Å². The molecule has 3 N–H and O–H groups in total. The Morgan fingerprint density at radius 2 is 2.00 bits per heavy atom. The molecule has 122 valence electrons. The first-order valence-corrected chi connectivity index (χ1v) is 7.42. The molecule has 1 aromatic heterocycles. The molecule has 1 aromatic carbocycles. The molecule has 0 aliphatic carbocycles. The van der Waals surface area contributed by atoms with Gasteiger partial charge in [0, 0.05) is 45.1 Å². The summed E-state index contributed by atoms with van der Waals surface area (Å²) in [6.07, 6.45) is 2.03. The van der Waals surface area contributed by atoms with Crippen LogP contribution in [-0.4, -0.2) is 35.4 Å². The zero-order chi connectivity index (χ0) is 16.8. The maximum Gasteiger partial charge on any atom is 0.248 e. The number of nitrogens with two attached hydrogens (primary N) is 1. The summed E-state index contributed by atoms with van der Waals surface area (Å²) in [5.41, 5.74) is 8.02. The SMILES string of the molecule is CN=C(NCc1ccc(C(N)=O)cc1)N(C)Cc1cccn1C. The average Bonchev–Trinajstić information content (AvgIpc) is 2.93. The lowest BCUT2D eigenvalue weighted by molar-refractivity contribution is 0.100. The molecule has 0 saturated heterocycles. The standard InChI is InChI=1S/C17H23N5O/c1-19-17(22(3)12-15-5-4-10-21(15)2)20-11-13-6-8-14(9-7-13)16(18)23/h4-10H,11-12H2,1-3H3,(H2,18,23)(H,19,20). The monoisotopic (exact) mass is 313 g/mol. The van der Waals surface area contributed by atoms with Crippen LogP contribution in [0, 0.1) is 0 Å². The second-order valence-corrected chi connectivity index (χ2v) is 5.43. The number of amides is 1. The Labute approximate surface area is 136 Å². The van der Waals surface area contributed by atoms with Gasteiger partial charge >= 0.3 is 0 Å². The highest BCUT2D eigenvalue weighted by Crippen LogP contribution is 2.06. The predicted molar refractivity (Wildman–Crippen MR) is 92.0 cm³/mol. The van der Waals surface area contributed by atoms with Gasteiger partial charge in [0.1, 0.15) is 0 Å². The first-order valence-electron chi connectivity index (χ1n) is 7.42. The van der Waals surface area contributed by atoms with Crippen LogP contribution in [0.25, 0.3) is 0 Å². The molecule has 0 bridgehead atoms. The maximum atomic E-state index is 11.1. The highest BCUT2D eigenvalue weighted by molar-refractivity contribution is 5.92. The summed E-state index contributed by atoms with van der Waals surface area (Å²) in [6.45, 7) is 1.40. The fraction of sp³-hybridized carbons (Fsp3) is 0.294. The summed E-state index contributed by atoms with van der Waals surface area (Å²) in [7, 11) is 5.79. The number of aryl methyl sites for hydroxylation is 1. The molecule has 0 aliphatic rings. The van der Waals surface area contributed by atoms with E-state index in [0.29, 0.717) is 12.1 Å². The minimum Gasteiger partial charge on any atom is -0.366 e. The van der Waals surface area contributed by atoms with E-state index in [9.17, 15) is 4.79 Å². The van der Waals surface area contributed by atoms with Crippen molar-refractivity contribution in [2.75, 3.05) is 14.1 Å². The number of hydrogen-bond acceptors (Lipinski definition) is 2. The van der Waals surface area contributed by atoms with Crippen molar-refractivity contribution in [2.24, 2.45) is 17.8 Å². The van der Waals surface area contributed by atoms with Crippen molar-refractivity contribution in [1.29, 1.82) is 0 Å². The third-order valence-electron chi connectivity index (χ3n) is 3.71. The second-order valence-electron chi connectivity index (χ2n) is 5.43. The molecule has 2 aromatic rings. The molecule has 0 unspecified atom stereocenters. The van der Waals surface area contributed by atoms with Gasteiger partial charge < -0.3 is 20.5 Å². The van der Waals surface area contributed by atoms with Gasteiger partial charge in [-0.2, -0.15) is 0 Å². The zero-order valence-electron chi connectivity index (χ0n) is 13.8. The summed E-state index contributed by atoms with van der Waals surface area (Å²) in [6, 6.07) is 11.4. The van der Waals surface area contributed by atoms with E-state index in [2.05, 4.69) is 25.8 Å². The van der Waals surface area contributed by atoms with Crippen LogP contribution >= 0.6 is 0 Å². The van der Waals surface area contributed by atoms with E-state index in [4.69, 9.17) is 5.73 Å². The summed E-state index contributed by atoms with van der Waals surface area (Å²) >= 11 is 0. The summed E-state index contributed by atoms with van der Waals surface area (Å²) < 4.78 is 2.09. The normalized spacial score (nSPS) is 11.3. The number of carbonyl (C=O) groups excluding carboxylic acids is 1. The Morgan fingerprint density at radius 1 is 1.30 bits per heavy atom. The van der Waals surface area contributed by atoms with Crippen LogP contribution < -0.4 is 11.1 Å². The minimum absolute atomic E-state index is 0.414. The number of carbonyl (C=O) groups is 1. The molecule has 23 heavy (non-hydrogen) atoms. The molecule has 6 heteroatoms. The highest BCUT2D eigenvalue weighted by Gasteiger charge is 2.08. The van der Waals surface area contributed by atoms with E-state index in [-0.39, 0.29) is 0 Å². The van der Waals surface area contributed by atoms with Crippen molar-refractivity contribution in [3.8, 4) is 0 Å². The molecule has 0 aliphatic heterocycles.